The summed E-state index contributed by atoms with van der Waals surface area (Å²) in [6, 6.07) is 0. The van der Waals surface area contributed by atoms with Crippen LogP contribution in [0, 0.1) is 0 Å². The molecule has 1 saturated heterocycles. The van der Waals surface area contributed by atoms with Crippen molar-refractivity contribution in [2.24, 2.45) is 0 Å². The normalized spacial score (nSPS) is 14.1. The van der Waals surface area contributed by atoms with Gasteiger partial charge in [0.05, 0.1) is 0 Å². The molecule has 0 radical (unpaired) electrons. The fraction of sp³-hybridized carbons (Fsp3) is 0.700. The molecule has 2 nitrogen and oxygen atoms in total. The number of likely N-dealkylation sites (tertiary alicyclic amines) is 1. The van der Waals surface area contributed by atoms with Crippen LogP contribution in [0.5, 0.6) is 0 Å². The van der Waals surface area contributed by atoms with Crippen molar-refractivity contribution in [1.29, 1.82) is 0 Å². The maximum atomic E-state index is 11.1. The highest BCUT2D eigenvalue weighted by Gasteiger charge is 2.19. The van der Waals surface area contributed by atoms with Gasteiger partial charge in [0.2, 0.25) is 5.91 Å². The van der Waals surface area contributed by atoms with E-state index >= 15 is 0 Å². The van der Waals surface area contributed by atoms with Crippen molar-refractivity contribution in [2.45, 2.75) is 33.6 Å². The van der Waals surface area contributed by atoms with Crippen molar-refractivity contribution < 1.29 is 4.79 Å². The van der Waals surface area contributed by atoms with Gasteiger partial charge >= 0.3 is 0 Å². The summed E-state index contributed by atoms with van der Waals surface area (Å²) < 4.78 is 0. The summed E-state index contributed by atoms with van der Waals surface area (Å²) in [5.74, 6) is 0.235. The molecule has 1 heterocycles. The van der Waals surface area contributed by atoms with E-state index in [0.29, 0.717) is 6.42 Å². The van der Waals surface area contributed by atoms with E-state index in [1.165, 1.54) is 6.42 Å². The van der Waals surface area contributed by atoms with Gasteiger partial charge in [-0.15, -0.1) is 0 Å². The molecule has 0 aromatic carbocycles. The highest BCUT2D eigenvalue weighted by atomic mass is 16.2. The van der Waals surface area contributed by atoms with Crippen LogP contribution in [0.25, 0.3) is 0 Å². The number of rotatable bonds is 2. The minimum atomic E-state index is 0.235. The van der Waals surface area contributed by atoms with Gasteiger partial charge < -0.3 is 4.90 Å². The predicted octanol–water partition coefficient (Wildman–Crippen LogP) is 2.21. The van der Waals surface area contributed by atoms with E-state index in [9.17, 15) is 4.79 Å². The van der Waals surface area contributed by atoms with Crippen molar-refractivity contribution in [2.75, 3.05) is 13.1 Å². The predicted molar refractivity (Wildman–Crippen MR) is 52.0 cm³/mol. The van der Waals surface area contributed by atoms with Crippen LogP contribution in [-0.2, 0) is 4.79 Å². The monoisotopic (exact) mass is 169 g/mol. The second-order valence-corrected chi connectivity index (χ2v) is 2.87. The minimum absolute atomic E-state index is 0.235. The molecular weight excluding hydrogens is 150 g/mol. The molecule has 0 atom stereocenters. The largest absolute Gasteiger partial charge is 0.342 e. The Balaban J connectivity index is 0.000000561. The SMILES string of the molecule is C=C(C)CC(=O)N1CCC1.CC. The first-order valence-electron chi connectivity index (χ1n) is 4.62. The molecule has 1 amide bonds. The number of hydrogen-bond acceptors (Lipinski definition) is 1. The van der Waals surface area contributed by atoms with Crippen LogP contribution in [0.3, 0.4) is 0 Å². The maximum Gasteiger partial charge on any atom is 0.226 e. The molecule has 0 N–H and O–H groups in total. The van der Waals surface area contributed by atoms with Gasteiger partial charge in [-0.05, 0) is 13.3 Å². The average Bonchev–Trinajstić information content (AvgIpc) is 1.85. The van der Waals surface area contributed by atoms with E-state index in [4.69, 9.17) is 0 Å². The topological polar surface area (TPSA) is 20.3 Å². The molecule has 2 heteroatoms. The van der Waals surface area contributed by atoms with Crippen molar-refractivity contribution >= 4 is 5.91 Å². The molecule has 0 saturated carbocycles. The smallest absolute Gasteiger partial charge is 0.226 e. The van der Waals surface area contributed by atoms with Gasteiger partial charge in [0.15, 0.2) is 0 Å². The first-order valence-corrected chi connectivity index (χ1v) is 4.62. The Morgan fingerprint density at radius 1 is 1.42 bits per heavy atom. The van der Waals surface area contributed by atoms with E-state index in [1.54, 1.807) is 0 Å². The standard InChI is InChI=1S/C8H13NO.C2H6/c1-7(2)6-8(10)9-4-3-5-9;1-2/h1,3-6H2,2H3;1-2H3. The molecule has 12 heavy (non-hydrogen) atoms. The van der Waals surface area contributed by atoms with E-state index in [-0.39, 0.29) is 5.91 Å². The van der Waals surface area contributed by atoms with Gasteiger partial charge in [-0.25, -0.2) is 0 Å². The first kappa shape index (κ1) is 11.2. The molecule has 1 aliphatic rings. The zero-order chi connectivity index (χ0) is 9.56. The Hall–Kier alpha value is -0.790. The molecule has 1 rings (SSSR count). The van der Waals surface area contributed by atoms with Gasteiger partial charge in [0.25, 0.3) is 0 Å². The van der Waals surface area contributed by atoms with Gasteiger partial charge in [-0.1, -0.05) is 26.0 Å². The van der Waals surface area contributed by atoms with Crippen LogP contribution >= 0.6 is 0 Å². The van der Waals surface area contributed by atoms with Crippen LogP contribution in [-0.4, -0.2) is 23.9 Å². The number of carbonyl (C=O) groups is 1. The molecular formula is C10H19NO. The van der Waals surface area contributed by atoms with Gasteiger partial charge in [0.1, 0.15) is 0 Å². The maximum absolute atomic E-state index is 11.1. The summed E-state index contributed by atoms with van der Waals surface area (Å²) in [5.41, 5.74) is 0.955. The van der Waals surface area contributed by atoms with E-state index < -0.39 is 0 Å². The summed E-state index contributed by atoms with van der Waals surface area (Å²) in [6.07, 6.45) is 1.70. The van der Waals surface area contributed by atoms with Gasteiger partial charge in [0, 0.05) is 19.5 Å². The lowest BCUT2D eigenvalue weighted by atomic mass is 10.1. The van der Waals surface area contributed by atoms with Crippen molar-refractivity contribution in [3.8, 4) is 0 Å². The third-order valence-electron chi connectivity index (χ3n) is 1.66. The summed E-state index contributed by atoms with van der Waals surface area (Å²) in [7, 11) is 0. The fourth-order valence-corrected chi connectivity index (χ4v) is 0.936. The van der Waals surface area contributed by atoms with Crippen LogP contribution in [0.15, 0.2) is 12.2 Å². The lowest BCUT2D eigenvalue weighted by Crippen LogP contribution is -2.41. The average molecular weight is 169 g/mol. The lowest BCUT2D eigenvalue weighted by molar-refractivity contribution is -0.133. The van der Waals surface area contributed by atoms with Crippen molar-refractivity contribution in [3.63, 3.8) is 0 Å². The fourth-order valence-electron chi connectivity index (χ4n) is 0.936. The van der Waals surface area contributed by atoms with Gasteiger partial charge in [-0.2, -0.15) is 0 Å². The minimum Gasteiger partial charge on any atom is -0.342 e. The molecule has 1 aliphatic heterocycles. The zero-order valence-electron chi connectivity index (χ0n) is 8.39. The number of amides is 1. The number of nitrogens with zero attached hydrogens (tertiary/aromatic N) is 1. The molecule has 0 aromatic heterocycles. The zero-order valence-corrected chi connectivity index (χ0v) is 8.39. The van der Waals surface area contributed by atoms with Gasteiger partial charge in [-0.3, -0.25) is 4.79 Å². The third kappa shape index (κ3) is 3.56. The Morgan fingerprint density at radius 3 is 2.17 bits per heavy atom. The third-order valence-corrected chi connectivity index (χ3v) is 1.66. The summed E-state index contributed by atoms with van der Waals surface area (Å²) in [6.45, 7) is 11.5. The molecule has 70 valence electrons. The number of hydrogen-bond donors (Lipinski definition) is 0. The van der Waals surface area contributed by atoms with Crippen LogP contribution in [0.2, 0.25) is 0 Å². The first-order chi connectivity index (χ1) is 5.70. The molecule has 1 fully saturated rings. The Morgan fingerprint density at radius 2 is 1.92 bits per heavy atom. The lowest BCUT2D eigenvalue weighted by Gasteiger charge is -2.30. The van der Waals surface area contributed by atoms with Crippen molar-refractivity contribution in [3.05, 3.63) is 12.2 Å². The molecule has 0 bridgehead atoms. The molecule has 0 unspecified atom stereocenters. The molecule has 0 aliphatic carbocycles. The quantitative estimate of drug-likeness (QED) is 0.580. The Kier molecular flexibility index (Phi) is 5.43. The second kappa shape index (κ2) is 5.81. The van der Waals surface area contributed by atoms with E-state index in [0.717, 1.165) is 18.7 Å². The summed E-state index contributed by atoms with van der Waals surface area (Å²) in [4.78, 5) is 13.0. The molecule has 0 spiro atoms. The molecule has 0 aromatic rings. The Bertz CT molecular complexity index is 159. The highest BCUT2D eigenvalue weighted by Crippen LogP contribution is 2.09. The van der Waals surface area contributed by atoms with Crippen LogP contribution in [0.4, 0.5) is 0 Å². The number of carbonyl (C=O) groups excluding carboxylic acids is 1. The second-order valence-electron chi connectivity index (χ2n) is 2.87. The summed E-state index contributed by atoms with van der Waals surface area (Å²) in [5, 5.41) is 0. The van der Waals surface area contributed by atoms with E-state index in [2.05, 4.69) is 6.58 Å². The van der Waals surface area contributed by atoms with Crippen LogP contribution < -0.4 is 0 Å². The summed E-state index contributed by atoms with van der Waals surface area (Å²) >= 11 is 0. The Labute approximate surface area is 75.3 Å². The van der Waals surface area contributed by atoms with Crippen molar-refractivity contribution in [1.82, 2.24) is 4.90 Å². The van der Waals surface area contributed by atoms with E-state index in [1.807, 2.05) is 25.7 Å². The highest BCUT2D eigenvalue weighted by molar-refractivity contribution is 5.79. The van der Waals surface area contributed by atoms with Crippen LogP contribution in [0.1, 0.15) is 33.6 Å².